The average Bonchev–Trinajstić information content (AvgIpc) is 3.19. The Morgan fingerprint density at radius 2 is 2.25 bits per heavy atom. The minimum atomic E-state index is -0.397. The monoisotopic (exact) mass is 330 g/mol. The molecule has 0 unspecified atom stereocenters. The Bertz CT molecular complexity index is 661. The lowest BCUT2D eigenvalue weighted by Gasteiger charge is -2.58. The van der Waals surface area contributed by atoms with Gasteiger partial charge in [0.2, 0.25) is 0 Å². The van der Waals surface area contributed by atoms with Crippen LogP contribution in [0.15, 0.2) is 34.7 Å². The number of aliphatic hydroxyl groups is 1. The molecule has 24 heavy (non-hydrogen) atoms. The van der Waals surface area contributed by atoms with Crippen molar-refractivity contribution in [2.75, 3.05) is 6.61 Å². The zero-order chi connectivity index (χ0) is 16.9. The summed E-state index contributed by atoms with van der Waals surface area (Å²) in [5.74, 6) is 0.412. The molecule has 130 valence electrons. The van der Waals surface area contributed by atoms with Gasteiger partial charge in [-0.15, -0.1) is 0 Å². The van der Waals surface area contributed by atoms with Gasteiger partial charge in [0.05, 0.1) is 18.6 Å². The van der Waals surface area contributed by atoms with Crippen LogP contribution in [0.3, 0.4) is 0 Å². The van der Waals surface area contributed by atoms with E-state index >= 15 is 0 Å². The maximum atomic E-state index is 12.2. The number of esters is 1. The number of ether oxygens (including phenoxy) is 1. The minimum absolute atomic E-state index is 0.0254. The molecule has 5 atom stereocenters. The second-order valence-corrected chi connectivity index (χ2v) is 8.18. The Balaban J connectivity index is 1.69. The van der Waals surface area contributed by atoms with Crippen molar-refractivity contribution in [3.05, 3.63) is 35.8 Å². The smallest absolute Gasteiger partial charge is 0.334 e. The highest BCUT2D eigenvalue weighted by Crippen LogP contribution is 2.63. The van der Waals surface area contributed by atoms with Crippen molar-refractivity contribution in [1.29, 1.82) is 0 Å². The SMILES string of the molecule is C[C@@H]1[C@H](O)C[C@@]23COC(=O)C2=CCC[C@@H]3[C@@]1(C)CCc1ccoc1. The third-order valence-electron chi connectivity index (χ3n) is 7.21. The molecule has 2 fully saturated rings. The van der Waals surface area contributed by atoms with Crippen LogP contribution in [0.25, 0.3) is 0 Å². The van der Waals surface area contributed by atoms with Gasteiger partial charge in [0.25, 0.3) is 0 Å². The molecule has 4 heteroatoms. The number of cyclic esters (lactones) is 1. The van der Waals surface area contributed by atoms with E-state index in [4.69, 9.17) is 9.15 Å². The molecule has 0 radical (unpaired) electrons. The predicted molar refractivity (Wildman–Crippen MR) is 89.1 cm³/mol. The Kier molecular flexibility index (Phi) is 3.64. The molecule has 1 aliphatic heterocycles. The summed E-state index contributed by atoms with van der Waals surface area (Å²) in [5, 5.41) is 10.8. The summed E-state index contributed by atoms with van der Waals surface area (Å²) in [6.07, 6.45) is 9.75. The second-order valence-electron chi connectivity index (χ2n) is 8.18. The summed E-state index contributed by atoms with van der Waals surface area (Å²) in [6, 6.07) is 2.01. The van der Waals surface area contributed by atoms with Crippen molar-refractivity contribution in [3.63, 3.8) is 0 Å². The largest absolute Gasteiger partial charge is 0.472 e. The number of aliphatic hydroxyl groups excluding tert-OH is 1. The molecule has 1 N–H and O–H groups in total. The fourth-order valence-electron chi connectivity index (χ4n) is 5.63. The van der Waals surface area contributed by atoms with Crippen LogP contribution in [0, 0.1) is 22.7 Å². The highest BCUT2D eigenvalue weighted by atomic mass is 16.5. The van der Waals surface area contributed by atoms with Crippen LogP contribution in [0.4, 0.5) is 0 Å². The van der Waals surface area contributed by atoms with Crippen molar-refractivity contribution in [1.82, 2.24) is 0 Å². The van der Waals surface area contributed by atoms with Gasteiger partial charge in [-0.2, -0.15) is 0 Å². The fourth-order valence-corrected chi connectivity index (χ4v) is 5.63. The summed E-state index contributed by atoms with van der Waals surface area (Å²) < 4.78 is 10.7. The molecule has 1 saturated carbocycles. The molecule has 0 bridgehead atoms. The maximum absolute atomic E-state index is 12.2. The molecular weight excluding hydrogens is 304 g/mol. The summed E-state index contributed by atoms with van der Waals surface area (Å²) in [7, 11) is 0. The molecule has 3 aliphatic rings. The van der Waals surface area contributed by atoms with Crippen LogP contribution in [-0.4, -0.2) is 23.8 Å². The van der Waals surface area contributed by atoms with Crippen LogP contribution < -0.4 is 0 Å². The quantitative estimate of drug-likeness (QED) is 0.862. The number of rotatable bonds is 3. The summed E-state index contributed by atoms with van der Waals surface area (Å²) in [6.45, 7) is 4.91. The standard InChI is InChI=1S/C20H26O4/c1-13-16(21)10-20-12-24-18(22)15(20)4-3-5-17(20)19(13,2)8-6-14-7-9-23-11-14/h4,7,9,11,13,16-17,21H,3,5-6,8,10,12H2,1-2H3/t13-,16-,17-,19+,20-/m1/s1. The van der Waals surface area contributed by atoms with Crippen LogP contribution in [0.1, 0.15) is 45.1 Å². The van der Waals surface area contributed by atoms with Gasteiger partial charge in [0.1, 0.15) is 6.61 Å². The average molecular weight is 330 g/mol. The highest BCUT2D eigenvalue weighted by molar-refractivity contribution is 5.92. The van der Waals surface area contributed by atoms with E-state index in [-0.39, 0.29) is 22.7 Å². The van der Waals surface area contributed by atoms with Gasteiger partial charge in [0.15, 0.2) is 0 Å². The summed E-state index contributed by atoms with van der Waals surface area (Å²) in [4.78, 5) is 12.2. The minimum Gasteiger partial charge on any atom is -0.472 e. The topological polar surface area (TPSA) is 59.7 Å². The fraction of sp³-hybridized carbons (Fsp3) is 0.650. The first-order valence-corrected chi connectivity index (χ1v) is 9.04. The summed E-state index contributed by atoms with van der Waals surface area (Å²) >= 11 is 0. The van der Waals surface area contributed by atoms with E-state index in [0.717, 1.165) is 31.3 Å². The molecule has 1 aromatic heterocycles. The third-order valence-corrected chi connectivity index (χ3v) is 7.21. The molecule has 0 aromatic carbocycles. The lowest BCUT2D eigenvalue weighted by Crippen LogP contribution is -2.56. The zero-order valence-corrected chi connectivity index (χ0v) is 14.5. The molecule has 2 heterocycles. The van der Waals surface area contributed by atoms with Crippen LogP contribution in [0.2, 0.25) is 0 Å². The molecule has 4 rings (SSSR count). The molecule has 2 aliphatic carbocycles. The second kappa shape index (κ2) is 5.48. The normalized spacial score (nSPS) is 41.4. The molecule has 1 saturated heterocycles. The number of carbonyl (C=O) groups is 1. The molecule has 1 spiro atoms. The predicted octanol–water partition coefficient (Wildman–Crippen LogP) is 3.50. The van der Waals surface area contributed by atoms with E-state index in [0.29, 0.717) is 18.9 Å². The van der Waals surface area contributed by atoms with Crippen molar-refractivity contribution >= 4 is 5.97 Å². The van der Waals surface area contributed by atoms with E-state index in [2.05, 4.69) is 19.9 Å². The zero-order valence-electron chi connectivity index (χ0n) is 14.5. The maximum Gasteiger partial charge on any atom is 0.334 e. The highest BCUT2D eigenvalue weighted by Gasteiger charge is 2.63. The van der Waals surface area contributed by atoms with Crippen LogP contribution >= 0.6 is 0 Å². The van der Waals surface area contributed by atoms with Gasteiger partial charge in [-0.25, -0.2) is 4.79 Å². The van der Waals surface area contributed by atoms with E-state index in [1.54, 1.807) is 12.5 Å². The molecular formula is C20H26O4. The Morgan fingerprint density at radius 3 is 3.00 bits per heavy atom. The van der Waals surface area contributed by atoms with Gasteiger partial charge < -0.3 is 14.3 Å². The lowest BCUT2D eigenvalue weighted by molar-refractivity contribution is -0.138. The molecule has 0 amide bonds. The number of hydrogen-bond acceptors (Lipinski definition) is 4. The van der Waals surface area contributed by atoms with Gasteiger partial charge in [0, 0.05) is 11.0 Å². The first-order chi connectivity index (χ1) is 11.5. The number of hydrogen-bond donors (Lipinski definition) is 1. The van der Waals surface area contributed by atoms with Crippen LogP contribution in [-0.2, 0) is 16.0 Å². The Morgan fingerprint density at radius 1 is 1.42 bits per heavy atom. The third kappa shape index (κ3) is 2.12. The van der Waals surface area contributed by atoms with Crippen molar-refractivity contribution in [2.24, 2.45) is 22.7 Å². The van der Waals surface area contributed by atoms with Gasteiger partial charge in [-0.05, 0) is 61.0 Å². The van der Waals surface area contributed by atoms with Gasteiger partial charge in [-0.3, -0.25) is 0 Å². The van der Waals surface area contributed by atoms with Gasteiger partial charge in [-0.1, -0.05) is 19.9 Å². The summed E-state index contributed by atoms with van der Waals surface area (Å²) in [5.41, 5.74) is 1.72. The molecule has 1 aromatic rings. The van der Waals surface area contributed by atoms with Crippen molar-refractivity contribution in [2.45, 2.75) is 52.1 Å². The van der Waals surface area contributed by atoms with E-state index in [9.17, 15) is 9.90 Å². The van der Waals surface area contributed by atoms with Crippen LogP contribution in [0.5, 0.6) is 0 Å². The van der Waals surface area contributed by atoms with E-state index < -0.39 is 6.10 Å². The number of carbonyl (C=O) groups excluding carboxylic acids is 1. The first kappa shape index (κ1) is 15.9. The van der Waals surface area contributed by atoms with Crippen molar-refractivity contribution < 1.29 is 19.1 Å². The number of furan rings is 1. The van der Waals surface area contributed by atoms with E-state index in [1.807, 2.05) is 6.07 Å². The number of aryl methyl sites for hydroxylation is 1. The number of allylic oxidation sites excluding steroid dienone is 1. The first-order valence-electron chi connectivity index (χ1n) is 9.04. The molecule has 4 nitrogen and oxygen atoms in total. The van der Waals surface area contributed by atoms with E-state index in [1.165, 1.54) is 5.56 Å². The lowest BCUT2D eigenvalue weighted by atomic mass is 9.46. The Hall–Kier alpha value is -1.55. The Labute approximate surface area is 142 Å². The van der Waals surface area contributed by atoms with Gasteiger partial charge >= 0.3 is 5.97 Å². The van der Waals surface area contributed by atoms with Crippen molar-refractivity contribution in [3.8, 4) is 0 Å².